The number of rotatable bonds is 6. The Labute approximate surface area is 207 Å². The molecule has 2 aliphatic carbocycles. The molecular formula is C22H15BrCl4N2O2. The molecule has 0 aliphatic heterocycles. The average molecular weight is 561 g/mol. The van der Waals surface area contributed by atoms with Crippen molar-refractivity contribution in [3.63, 3.8) is 0 Å². The predicted molar refractivity (Wildman–Crippen MR) is 126 cm³/mol. The van der Waals surface area contributed by atoms with Gasteiger partial charge in [-0.05, 0) is 64.7 Å². The molecule has 2 fully saturated rings. The third-order valence-electron chi connectivity index (χ3n) is 5.76. The van der Waals surface area contributed by atoms with Crippen LogP contribution in [0.1, 0.15) is 41.1 Å². The molecular weight excluding hydrogens is 546 g/mol. The van der Waals surface area contributed by atoms with Gasteiger partial charge in [0.2, 0.25) is 5.91 Å². The summed E-state index contributed by atoms with van der Waals surface area (Å²) in [6.07, 6.45) is 1.53. The van der Waals surface area contributed by atoms with Crippen LogP contribution >= 0.6 is 62.3 Å². The Kier molecular flexibility index (Phi) is 6.09. The van der Waals surface area contributed by atoms with Crippen molar-refractivity contribution >= 4 is 79.7 Å². The second-order valence-electron chi connectivity index (χ2n) is 7.98. The number of benzene rings is 2. The van der Waals surface area contributed by atoms with Crippen LogP contribution < -0.4 is 5.32 Å². The van der Waals surface area contributed by atoms with Gasteiger partial charge in [-0.25, -0.2) is 0 Å². The van der Waals surface area contributed by atoms with E-state index in [-0.39, 0.29) is 28.7 Å². The number of anilines is 1. The summed E-state index contributed by atoms with van der Waals surface area (Å²) in [5, 5.41) is 12.8. The molecule has 2 aromatic rings. The minimum Gasteiger partial charge on any atom is -0.326 e. The van der Waals surface area contributed by atoms with Crippen molar-refractivity contribution in [2.24, 2.45) is 11.3 Å². The molecule has 2 saturated carbocycles. The van der Waals surface area contributed by atoms with Crippen molar-refractivity contribution in [2.75, 3.05) is 5.32 Å². The summed E-state index contributed by atoms with van der Waals surface area (Å²) in [6, 6.07) is 12.2. The second-order valence-corrected chi connectivity index (χ2v) is 11.1. The quantitative estimate of drug-likeness (QED) is 0.301. The first kappa shape index (κ1) is 22.9. The van der Waals surface area contributed by atoms with E-state index in [2.05, 4.69) is 27.3 Å². The highest BCUT2D eigenvalue weighted by atomic mass is 79.9. The van der Waals surface area contributed by atoms with Gasteiger partial charge in [0, 0.05) is 28.1 Å². The molecule has 2 atom stereocenters. The van der Waals surface area contributed by atoms with Crippen molar-refractivity contribution in [1.82, 2.24) is 0 Å². The summed E-state index contributed by atoms with van der Waals surface area (Å²) in [6.45, 7) is 0. The number of carbonyl (C=O) groups is 2. The lowest BCUT2D eigenvalue weighted by atomic mass is 9.96. The van der Waals surface area contributed by atoms with Gasteiger partial charge < -0.3 is 5.32 Å². The van der Waals surface area contributed by atoms with Gasteiger partial charge >= 0.3 is 0 Å². The molecule has 0 aromatic heterocycles. The second kappa shape index (κ2) is 8.24. The molecule has 2 aliphatic rings. The van der Waals surface area contributed by atoms with Crippen LogP contribution in [0.3, 0.4) is 0 Å². The van der Waals surface area contributed by atoms with Gasteiger partial charge in [-0.1, -0.05) is 29.3 Å². The van der Waals surface area contributed by atoms with E-state index in [0.717, 1.165) is 10.0 Å². The highest BCUT2D eigenvalue weighted by molar-refractivity contribution is 9.10. The summed E-state index contributed by atoms with van der Waals surface area (Å²) in [7, 11) is 0. The van der Waals surface area contributed by atoms with Gasteiger partial charge in [-0.2, -0.15) is 5.26 Å². The van der Waals surface area contributed by atoms with E-state index >= 15 is 0 Å². The molecule has 160 valence electrons. The Bertz CT molecular complexity index is 1140. The van der Waals surface area contributed by atoms with Crippen molar-refractivity contribution in [1.29, 1.82) is 5.26 Å². The molecule has 0 bridgehead atoms. The Morgan fingerprint density at radius 2 is 1.84 bits per heavy atom. The zero-order valence-corrected chi connectivity index (χ0v) is 20.5. The number of halogens is 5. The summed E-state index contributed by atoms with van der Waals surface area (Å²) in [5.41, 5.74) is 0.861. The van der Waals surface area contributed by atoms with Crippen molar-refractivity contribution in [3.05, 3.63) is 62.0 Å². The number of nitriles is 1. The summed E-state index contributed by atoms with van der Waals surface area (Å²) in [4.78, 5) is 25.6. The normalized spacial score (nSPS) is 22.3. The molecule has 0 heterocycles. The van der Waals surface area contributed by atoms with Crippen LogP contribution in [-0.4, -0.2) is 16.0 Å². The maximum Gasteiger partial charge on any atom is 0.231 e. The lowest BCUT2D eigenvalue weighted by Gasteiger charge is -2.10. The van der Waals surface area contributed by atoms with Gasteiger partial charge in [0.05, 0.1) is 27.4 Å². The van der Waals surface area contributed by atoms with E-state index in [0.29, 0.717) is 23.6 Å². The first-order valence-electron chi connectivity index (χ1n) is 9.46. The number of hydrogen-bond donors (Lipinski definition) is 1. The van der Waals surface area contributed by atoms with Crippen LogP contribution in [0.25, 0.3) is 0 Å². The van der Waals surface area contributed by atoms with Crippen molar-refractivity contribution < 1.29 is 9.59 Å². The molecule has 31 heavy (non-hydrogen) atoms. The van der Waals surface area contributed by atoms with E-state index in [4.69, 9.17) is 46.4 Å². The minimum absolute atomic E-state index is 0.113. The minimum atomic E-state index is -1.27. The molecule has 1 amide bonds. The van der Waals surface area contributed by atoms with Crippen LogP contribution in [-0.2, 0) is 4.79 Å². The van der Waals surface area contributed by atoms with Gasteiger partial charge in [-0.15, -0.1) is 23.2 Å². The van der Waals surface area contributed by atoms with Crippen molar-refractivity contribution in [2.45, 2.75) is 29.5 Å². The SMILES string of the molecule is N#CC1(CC(=O)c2cc(NC(=O)C3C(c4ccc(Br)c(Cl)c4)C3(Cl)Cl)ccc2Cl)CC1. The molecule has 0 spiro atoms. The summed E-state index contributed by atoms with van der Waals surface area (Å²) < 4.78 is -0.533. The predicted octanol–water partition coefficient (Wildman–Crippen LogP) is 7.16. The van der Waals surface area contributed by atoms with E-state index in [1.54, 1.807) is 24.3 Å². The number of hydrogen-bond acceptors (Lipinski definition) is 3. The van der Waals surface area contributed by atoms with Gasteiger partial charge in [0.25, 0.3) is 0 Å². The first-order valence-corrected chi connectivity index (χ1v) is 11.8. The van der Waals surface area contributed by atoms with Crippen LogP contribution in [0, 0.1) is 22.7 Å². The summed E-state index contributed by atoms with van der Waals surface area (Å²) in [5.74, 6) is -1.69. The maximum atomic E-state index is 12.9. The molecule has 1 N–H and O–H groups in total. The van der Waals surface area contributed by atoms with E-state index < -0.39 is 21.6 Å². The van der Waals surface area contributed by atoms with E-state index in [1.165, 1.54) is 6.07 Å². The molecule has 0 radical (unpaired) electrons. The lowest BCUT2D eigenvalue weighted by molar-refractivity contribution is -0.117. The molecule has 2 unspecified atom stereocenters. The van der Waals surface area contributed by atoms with Gasteiger partial charge in [0.1, 0.15) is 4.33 Å². The van der Waals surface area contributed by atoms with Crippen molar-refractivity contribution in [3.8, 4) is 6.07 Å². The zero-order chi connectivity index (χ0) is 22.6. The molecule has 4 nitrogen and oxygen atoms in total. The Balaban J connectivity index is 1.50. The number of nitrogens with zero attached hydrogens (tertiary/aromatic N) is 1. The monoisotopic (exact) mass is 558 g/mol. The van der Waals surface area contributed by atoms with Gasteiger partial charge in [0.15, 0.2) is 5.78 Å². The Hall–Kier alpha value is -1.29. The highest BCUT2D eigenvalue weighted by Gasteiger charge is 2.67. The fraction of sp³-hybridized carbons (Fsp3) is 0.318. The van der Waals surface area contributed by atoms with E-state index in [1.807, 2.05) is 6.07 Å². The largest absolute Gasteiger partial charge is 0.326 e. The van der Waals surface area contributed by atoms with Crippen LogP contribution in [0.2, 0.25) is 10.0 Å². The molecule has 0 saturated heterocycles. The smallest absolute Gasteiger partial charge is 0.231 e. The third kappa shape index (κ3) is 4.47. The molecule has 2 aromatic carbocycles. The first-order chi connectivity index (χ1) is 14.6. The number of alkyl halides is 2. The summed E-state index contributed by atoms with van der Waals surface area (Å²) >= 11 is 28.5. The maximum absolute atomic E-state index is 12.9. The highest BCUT2D eigenvalue weighted by Crippen LogP contribution is 2.65. The number of ketones is 1. The van der Waals surface area contributed by atoms with Crippen LogP contribution in [0.4, 0.5) is 5.69 Å². The standard InChI is InChI=1S/C22H15BrCl4N2O2/c23-14-3-1-11(7-16(14)25)18-19(22(18,26)27)20(31)29-12-2-4-15(24)13(8-12)17(30)9-21(10-28)5-6-21/h1-4,7-8,18-19H,5-6,9H2,(H,29,31). The lowest BCUT2D eigenvalue weighted by Crippen LogP contribution is -2.17. The number of amides is 1. The number of nitrogens with one attached hydrogen (secondary N) is 1. The zero-order valence-electron chi connectivity index (χ0n) is 15.9. The third-order valence-corrected chi connectivity index (χ3v) is 8.27. The fourth-order valence-corrected chi connectivity index (χ4v) is 5.18. The van der Waals surface area contributed by atoms with Crippen LogP contribution in [0.15, 0.2) is 40.9 Å². The Morgan fingerprint density at radius 1 is 1.13 bits per heavy atom. The average Bonchev–Trinajstić information content (AvgIpc) is 3.60. The number of carbonyl (C=O) groups excluding carboxylic acids is 2. The van der Waals surface area contributed by atoms with Gasteiger partial charge in [-0.3, -0.25) is 9.59 Å². The van der Waals surface area contributed by atoms with E-state index in [9.17, 15) is 14.9 Å². The number of Topliss-reactive ketones (excluding diaryl/α,β-unsaturated/α-hetero) is 1. The Morgan fingerprint density at radius 3 is 2.45 bits per heavy atom. The topological polar surface area (TPSA) is 70.0 Å². The molecule has 4 rings (SSSR count). The molecule has 9 heteroatoms. The van der Waals surface area contributed by atoms with Crippen LogP contribution in [0.5, 0.6) is 0 Å². The fourth-order valence-electron chi connectivity index (χ4n) is 3.69.